The van der Waals surface area contributed by atoms with Gasteiger partial charge in [-0.2, -0.15) is 0 Å². The monoisotopic (exact) mass is 274 g/mol. The SMILES string of the molecule is Cc1cccc(-c2ccccc2)n1.[Cu+].[N-]=[N+]=[N-]. The second-order valence-corrected chi connectivity index (χ2v) is 3.12. The molecule has 0 aliphatic rings. The van der Waals surface area contributed by atoms with Gasteiger partial charge in [-0.1, -0.05) is 36.4 Å². The second-order valence-electron chi connectivity index (χ2n) is 3.12. The van der Waals surface area contributed by atoms with Crippen LogP contribution in [-0.2, 0) is 17.1 Å². The Balaban J connectivity index is 0.000000583. The molecule has 0 atom stereocenters. The Morgan fingerprint density at radius 3 is 2.06 bits per heavy atom. The van der Waals surface area contributed by atoms with E-state index >= 15 is 0 Å². The van der Waals surface area contributed by atoms with Crippen LogP contribution in [0.1, 0.15) is 5.69 Å². The van der Waals surface area contributed by atoms with Gasteiger partial charge in [-0.15, -0.1) is 0 Å². The van der Waals surface area contributed by atoms with E-state index in [2.05, 4.69) is 17.1 Å². The van der Waals surface area contributed by atoms with Crippen LogP contribution in [0.15, 0.2) is 48.5 Å². The number of hydrogen-bond acceptors (Lipinski definition) is 1. The predicted octanol–water partition coefficient (Wildman–Crippen LogP) is 3.92. The molecule has 0 spiro atoms. The van der Waals surface area contributed by atoms with Crippen molar-refractivity contribution in [2.24, 2.45) is 0 Å². The van der Waals surface area contributed by atoms with Crippen molar-refractivity contribution in [3.8, 4) is 11.3 Å². The molecule has 0 bridgehead atoms. The molecule has 5 heteroatoms. The van der Waals surface area contributed by atoms with Gasteiger partial charge in [0, 0.05) is 11.3 Å². The van der Waals surface area contributed by atoms with Crippen LogP contribution < -0.4 is 0 Å². The van der Waals surface area contributed by atoms with Crippen molar-refractivity contribution < 1.29 is 17.1 Å². The fourth-order valence-electron chi connectivity index (χ4n) is 1.31. The van der Waals surface area contributed by atoms with E-state index in [9.17, 15) is 0 Å². The number of nitrogens with zero attached hydrogens (tertiary/aromatic N) is 4. The summed E-state index contributed by atoms with van der Waals surface area (Å²) in [7, 11) is 0. The Bertz CT molecular complexity index is 479. The van der Waals surface area contributed by atoms with Gasteiger partial charge < -0.3 is 11.1 Å². The van der Waals surface area contributed by atoms with Gasteiger partial charge in [0.25, 0.3) is 0 Å². The standard InChI is InChI=1S/C12H11N.Cu.N3/c1-10-6-5-9-12(13-10)11-7-3-2-4-8-11;;1-3-2/h2-9H,1H3;;/q;+1;-1. The maximum absolute atomic E-state index is 6.75. The minimum atomic E-state index is 0. The summed E-state index contributed by atoms with van der Waals surface area (Å²) in [4.78, 5) is 5.94. The van der Waals surface area contributed by atoms with Gasteiger partial charge in [0.2, 0.25) is 0 Å². The fourth-order valence-corrected chi connectivity index (χ4v) is 1.31. The summed E-state index contributed by atoms with van der Waals surface area (Å²) >= 11 is 0. The van der Waals surface area contributed by atoms with Crippen LogP contribution in [0, 0.1) is 6.92 Å². The van der Waals surface area contributed by atoms with Crippen LogP contribution in [0.5, 0.6) is 0 Å². The Labute approximate surface area is 111 Å². The van der Waals surface area contributed by atoms with E-state index in [1.807, 2.05) is 43.3 Å². The third-order valence-corrected chi connectivity index (χ3v) is 1.96. The van der Waals surface area contributed by atoms with E-state index in [1.165, 1.54) is 10.5 Å². The number of aryl methyl sites for hydroxylation is 1. The summed E-state index contributed by atoms with van der Waals surface area (Å²) in [6.07, 6.45) is 0. The van der Waals surface area contributed by atoms with Gasteiger partial charge in [0.15, 0.2) is 0 Å². The van der Waals surface area contributed by atoms with Gasteiger partial charge >= 0.3 is 17.1 Å². The van der Waals surface area contributed by atoms with Crippen molar-refractivity contribution in [1.29, 1.82) is 0 Å². The Hall–Kier alpha value is -1.80. The summed E-state index contributed by atoms with van der Waals surface area (Å²) in [5, 5.41) is 0. The molecule has 0 aliphatic carbocycles. The number of benzene rings is 1. The zero-order chi connectivity index (χ0) is 11.8. The fraction of sp³-hybridized carbons (Fsp3) is 0.0833. The normalized spacial score (nSPS) is 8.06. The van der Waals surface area contributed by atoms with Crippen LogP contribution >= 0.6 is 0 Å². The molecule has 2 rings (SSSR count). The third kappa shape index (κ3) is 5.18. The van der Waals surface area contributed by atoms with Crippen molar-refractivity contribution in [3.05, 3.63) is 70.2 Å². The first kappa shape index (κ1) is 15.2. The van der Waals surface area contributed by atoms with Crippen molar-refractivity contribution in [1.82, 2.24) is 4.98 Å². The average Bonchev–Trinajstić information content (AvgIpc) is 2.31. The molecule has 0 fully saturated rings. The number of pyridine rings is 1. The molecular weight excluding hydrogens is 264 g/mol. The quantitative estimate of drug-likeness (QED) is 0.336. The molecule has 1 heterocycles. The summed E-state index contributed by atoms with van der Waals surface area (Å²) in [6, 6.07) is 16.3. The topological polar surface area (TPSA) is 71.6 Å². The average molecular weight is 275 g/mol. The molecule has 0 aliphatic heterocycles. The van der Waals surface area contributed by atoms with Gasteiger partial charge in [-0.25, -0.2) is 0 Å². The largest absolute Gasteiger partial charge is 1.00 e. The maximum atomic E-state index is 6.75. The first-order chi connectivity index (χ1) is 7.77. The third-order valence-electron chi connectivity index (χ3n) is 1.96. The minimum absolute atomic E-state index is 0. The smallest absolute Gasteiger partial charge is 0.373 e. The van der Waals surface area contributed by atoms with E-state index in [1.54, 1.807) is 0 Å². The first-order valence-electron chi connectivity index (χ1n) is 4.75. The number of aromatic nitrogens is 1. The van der Waals surface area contributed by atoms with Gasteiger partial charge in [-0.05, 0) is 19.1 Å². The molecule has 0 saturated heterocycles. The van der Waals surface area contributed by atoms with Crippen LogP contribution in [0.3, 0.4) is 0 Å². The molecule has 17 heavy (non-hydrogen) atoms. The van der Waals surface area contributed by atoms with Gasteiger partial charge in [0.05, 0.1) is 5.69 Å². The molecule has 1 aromatic carbocycles. The van der Waals surface area contributed by atoms with E-state index < -0.39 is 0 Å². The molecule has 0 N–H and O–H groups in total. The zero-order valence-electron chi connectivity index (χ0n) is 9.21. The Morgan fingerprint density at radius 1 is 0.941 bits per heavy atom. The van der Waals surface area contributed by atoms with Gasteiger partial charge in [0.1, 0.15) is 0 Å². The Morgan fingerprint density at radius 2 is 1.53 bits per heavy atom. The summed E-state index contributed by atoms with van der Waals surface area (Å²) in [5.41, 5.74) is 16.8. The number of rotatable bonds is 1. The van der Waals surface area contributed by atoms with E-state index in [-0.39, 0.29) is 17.1 Å². The first-order valence-corrected chi connectivity index (χ1v) is 4.75. The summed E-state index contributed by atoms with van der Waals surface area (Å²) in [6.45, 7) is 2.01. The van der Waals surface area contributed by atoms with Crippen molar-refractivity contribution >= 4 is 0 Å². The van der Waals surface area contributed by atoms with Crippen LogP contribution in [0.4, 0.5) is 0 Å². The minimum Gasteiger partial charge on any atom is -0.373 e. The van der Waals surface area contributed by atoms with Crippen LogP contribution in [0.25, 0.3) is 27.2 Å². The molecule has 90 valence electrons. The summed E-state index contributed by atoms with van der Waals surface area (Å²) < 4.78 is 0. The van der Waals surface area contributed by atoms with Crippen molar-refractivity contribution in [2.75, 3.05) is 0 Å². The Kier molecular flexibility index (Phi) is 7.48. The molecule has 0 amide bonds. The predicted molar refractivity (Wildman–Crippen MR) is 64.5 cm³/mol. The summed E-state index contributed by atoms with van der Waals surface area (Å²) in [5.74, 6) is 0. The molecule has 0 radical (unpaired) electrons. The molecule has 0 saturated carbocycles. The maximum Gasteiger partial charge on any atom is 1.00 e. The van der Waals surface area contributed by atoms with Crippen LogP contribution in [-0.4, -0.2) is 4.98 Å². The van der Waals surface area contributed by atoms with Crippen molar-refractivity contribution in [3.63, 3.8) is 0 Å². The van der Waals surface area contributed by atoms with E-state index in [0.717, 1.165) is 11.4 Å². The van der Waals surface area contributed by atoms with E-state index in [0.29, 0.717) is 0 Å². The van der Waals surface area contributed by atoms with Crippen LogP contribution in [0.2, 0.25) is 0 Å². The van der Waals surface area contributed by atoms with E-state index in [4.69, 9.17) is 11.1 Å². The molecule has 4 nitrogen and oxygen atoms in total. The van der Waals surface area contributed by atoms with Gasteiger partial charge in [-0.3, -0.25) is 9.90 Å². The molecule has 0 unspecified atom stereocenters. The second kappa shape index (κ2) is 8.36. The van der Waals surface area contributed by atoms with Crippen molar-refractivity contribution in [2.45, 2.75) is 6.92 Å². The number of hydrogen-bond donors (Lipinski definition) is 0. The molecular formula is C12H11CuN4. The molecule has 1 aromatic heterocycles. The molecule has 2 aromatic rings. The zero-order valence-corrected chi connectivity index (χ0v) is 10.2.